The van der Waals surface area contributed by atoms with Gasteiger partial charge in [-0.05, 0) is 57.7 Å². The van der Waals surface area contributed by atoms with Crippen molar-refractivity contribution in [3.05, 3.63) is 46.7 Å². The van der Waals surface area contributed by atoms with Gasteiger partial charge in [-0.2, -0.15) is 9.29 Å². The van der Waals surface area contributed by atoms with E-state index < -0.39 is 15.9 Å². The van der Waals surface area contributed by atoms with E-state index in [0.717, 1.165) is 24.1 Å². The smallest absolute Gasteiger partial charge is 0.244 e. The zero-order chi connectivity index (χ0) is 23.2. The average molecular weight is 487 g/mol. The molecule has 0 spiro atoms. The van der Waals surface area contributed by atoms with Crippen LogP contribution in [-0.2, 0) is 14.8 Å². The van der Waals surface area contributed by atoms with Gasteiger partial charge in [0.05, 0.1) is 15.7 Å². The minimum absolute atomic E-state index is 0.152. The lowest BCUT2D eigenvalue weighted by Gasteiger charge is -2.31. The highest BCUT2D eigenvalue weighted by Crippen LogP contribution is 2.41. The average Bonchev–Trinajstić information content (AvgIpc) is 3.39. The number of thiophene rings is 1. The highest BCUT2D eigenvalue weighted by Gasteiger charge is 2.35. The summed E-state index contributed by atoms with van der Waals surface area (Å²) < 4.78 is 33.7. The molecule has 1 atom stereocenters. The highest BCUT2D eigenvalue weighted by molar-refractivity contribution is 7.89. The number of carbonyl (C=O) groups is 1. The first-order valence-corrected chi connectivity index (χ1v) is 13.4. The second-order valence-electron chi connectivity index (χ2n) is 8.82. The second kappa shape index (κ2) is 8.66. The molecular weight excluding hydrogens is 460 g/mol. The quantitative estimate of drug-likeness (QED) is 0.556. The van der Waals surface area contributed by atoms with Gasteiger partial charge in [-0.15, -0.1) is 11.3 Å². The fraction of sp³-hybridized carbons (Fsp3) is 0.435. The number of rotatable bonds is 6. The zero-order valence-corrected chi connectivity index (χ0v) is 20.2. The van der Waals surface area contributed by atoms with Crippen LogP contribution in [0.4, 0.5) is 5.69 Å². The number of aryl methyl sites for hydroxylation is 2. The molecule has 10 heteroatoms. The minimum Gasteiger partial charge on any atom is -0.339 e. The first-order valence-electron chi connectivity index (χ1n) is 11.1. The molecule has 1 aromatic carbocycles. The largest absolute Gasteiger partial charge is 0.339 e. The standard InChI is InChI=1S/C23H26N4O4S2/c1-14-5-9-18(10-6-14)24-22(28)17-4-3-11-27(13-17)33(29,30)20-12-19(32-15(20)2)21-25-23(31-26-21)16-7-8-16/h5-6,9-10,12,16-17H,3-4,7-8,11,13H2,1-2H3,(H,24,28)/t17-/m1/s1. The van der Waals surface area contributed by atoms with Gasteiger partial charge in [-0.3, -0.25) is 4.79 Å². The Bertz CT molecular complexity index is 1280. The third kappa shape index (κ3) is 4.60. The van der Waals surface area contributed by atoms with Crippen LogP contribution in [0.3, 0.4) is 0 Å². The van der Waals surface area contributed by atoms with Gasteiger partial charge in [-0.1, -0.05) is 22.9 Å². The van der Waals surface area contributed by atoms with Gasteiger partial charge >= 0.3 is 0 Å². The molecule has 1 aliphatic carbocycles. The van der Waals surface area contributed by atoms with Gasteiger partial charge in [0.15, 0.2) is 0 Å². The number of carbonyl (C=O) groups excluding carboxylic acids is 1. The van der Waals surface area contributed by atoms with E-state index in [0.29, 0.717) is 46.8 Å². The SMILES string of the molecule is Cc1ccc(NC(=O)[C@@H]2CCCN(S(=O)(=O)c3cc(-c4noc(C5CC5)n4)sc3C)C2)cc1. The van der Waals surface area contributed by atoms with E-state index in [1.807, 2.05) is 31.2 Å². The normalized spacial score (nSPS) is 19.5. The van der Waals surface area contributed by atoms with Crippen molar-refractivity contribution in [2.75, 3.05) is 18.4 Å². The van der Waals surface area contributed by atoms with Crippen LogP contribution in [0.15, 0.2) is 39.8 Å². The summed E-state index contributed by atoms with van der Waals surface area (Å²) in [6.07, 6.45) is 3.40. The maximum absolute atomic E-state index is 13.5. The fourth-order valence-electron chi connectivity index (χ4n) is 4.06. The minimum atomic E-state index is -3.74. The monoisotopic (exact) mass is 486 g/mol. The van der Waals surface area contributed by atoms with Gasteiger partial charge in [0.25, 0.3) is 0 Å². The van der Waals surface area contributed by atoms with Gasteiger partial charge in [0, 0.05) is 29.6 Å². The molecule has 1 saturated heterocycles. The van der Waals surface area contributed by atoms with Crippen molar-refractivity contribution in [1.82, 2.24) is 14.4 Å². The van der Waals surface area contributed by atoms with Gasteiger partial charge < -0.3 is 9.84 Å². The number of amides is 1. The predicted molar refractivity (Wildman–Crippen MR) is 126 cm³/mol. The molecule has 0 unspecified atom stereocenters. The molecule has 1 amide bonds. The molecule has 2 aliphatic rings. The Kier molecular flexibility index (Phi) is 5.84. The third-order valence-electron chi connectivity index (χ3n) is 6.15. The third-order valence-corrected chi connectivity index (χ3v) is 9.32. The van der Waals surface area contributed by atoms with Crippen LogP contribution < -0.4 is 5.32 Å². The number of hydrogen-bond donors (Lipinski definition) is 1. The first kappa shape index (κ1) is 22.2. The van der Waals surface area contributed by atoms with Crippen molar-refractivity contribution in [3.63, 3.8) is 0 Å². The summed E-state index contributed by atoms with van der Waals surface area (Å²) >= 11 is 1.34. The van der Waals surface area contributed by atoms with Crippen LogP contribution in [0.25, 0.3) is 10.7 Å². The number of anilines is 1. The van der Waals surface area contributed by atoms with Crippen LogP contribution in [0.2, 0.25) is 0 Å². The van der Waals surface area contributed by atoms with Crippen LogP contribution in [-0.4, -0.2) is 41.9 Å². The number of sulfonamides is 1. The topological polar surface area (TPSA) is 105 Å². The van der Waals surface area contributed by atoms with E-state index in [9.17, 15) is 13.2 Å². The first-order chi connectivity index (χ1) is 15.8. The number of benzene rings is 1. The van der Waals surface area contributed by atoms with E-state index in [1.54, 1.807) is 13.0 Å². The molecule has 1 saturated carbocycles. The van der Waals surface area contributed by atoms with E-state index in [4.69, 9.17) is 4.52 Å². The molecule has 3 aromatic rings. The summed E-state index contributed by atoms with van der Waals surface area (Å²) in [6, 6.07) is 9.21. The Morgan fingerprint density at radius 3 is 2.67 bits per heavy atom. The Hall–Kier alpha value is -2.56. The molecule has 33 heavy (non-hydrogen) atoms. The summed E-state index contributed by atoms with van der Waals surface area (Å²) in [6.45, 7) is 4.33. The number of piperidine rings is 1. The van der Waals surface area contributed by atoms with Crippen LogP contribution in [0.1, 0.15) is 47.9 Å². The molecule has 2 fully saturated rings. The summed E-state index contributed by atoms with van der Waals surface area (Å²) in [5.74, 6) is 0.846. The molecule has 5 rings (SSSR count). The van der Waals surface area contributed by atoms with Gasteiger partial charge in [0.1, 0.15) is 0 Å². The summed E-state index contributed by atoms with van der Waals surface area (Å²) in [5, 5.41) is 6.96. The van der Waals surface area contributed by atoms with Crippen molar-refractivity contribution in [1.29, 1.82) is 0 Å². The molecule has 1 aliphatic heterocycles. The lowest BCUT2D eigenvalue weighted by Crippen LogP contribution is -2.43. The van der Waals surface area contributed by atoms with E-state index in [2.05, 4.69) is 15.5 Å². The number of nitrogens with one attached hydrogen (secondary N) is 1. The van der Waals surface area contributed by atoms with Gasteiger partial charge in [0.2, 0.25) is 27.6 Å². The van der Waals surface area contributed by atoms with Crippen molar-refractivity contribution in [2.24, 2.45) is 5.92 Å². The van der Waals surface area contributed by atoms with Crippen molar-refractivity contribution in [3.8, 4) is 10.7 Å². The van der Waals surface area contributed by atoms with E-state index in [1.165, 1.54) is 15.6 Å². The summed E-state index contributed by atoms with van der Waals surface area (Å²) in [4.78, 5) is 18.9. The van der Waals surface area contributed by atoms with Crippen molar-refractivity contribution in [2.45, 2.75) is 50.3 Å². The maximum Gasteiger partial charge on any atom is 0.244 e. The zero-order valence-electron chi connectivity index (χ0n) is 18.6. The summed E-state index contributed by atoms with van der Waals surface area (Å²) in [5.41, 5.74) is 1.83. The van der Waals surface area contributed by atoms with Gasteiger partial charge in [-0.25, -0.2) is 8.42 Å². The molecule has 174 valence electrons. The maximum atomic E-state index is 13.5. The van der Waals surface area contributed by atoms with E-state index in [-0.39, 0.29) is 17.3 Å². The number of aromatic nitrogens is 2. The lowest BCUT2D eigenvalue weighted by atomic mass is 9.98. The van der Waals surface area contributed by atoms with Crippen LogP contribution >= 0.6 is 11.3 Å². The lowest BCUT2D eigenvalue weighted by molar-refractivity contribution is -0.120. The predicted octanol–water partition coefficient (Wildman–Crippen LogP) is 4.33. The van der Waals surface area contributed by atoms with Crippen LogP contribution in [0, 0.1) is 19.8 Å². The van der Waals surface area contributed by atoms with Crippen molar-refractivity contribution < 1.29 is 17.7 Å². The number of nitrogens with zero attached hydrogens (tertiary/aromatic N) is 3. The highest BCUT2D eigenvalue weighted by atomic mass is 32.2. The fourth-order valence-corrected chi connectivity index (χ4v) is 7.07. The van der Waals surface area contributed by atoms with E-state index >= 15 is 0 Å². The molecule has 0 radical (unpaired) electrons. The number of hydrogen-bond acceptors (Lipinski definition) is 7. The Morgan fingerprint density at radius 2 is 1.94 bits per heavy atom. The Labute approximate surface area is 197 Å². The molecule has 8 nitrogen and oxygen atoms in total. The molecule has 0 bridgehead atoms. The van der Waals surface area contributed by atoms with Crippen molar-refractivity contribution >= 4 is 33.0 Å². The summed E-state index contributed by atoms with van der Waals surface area (Å²) in [7, 11) is -3.74. The molecule has 2 aromatic heterocycles. The Balaban J connectivity index is 1.32. The second-order valence-corrected chi connectivity index (χ2v) is 12.0. The molecular formula is C23H26N4O4S2. The molecule has 3 heterocycles. The van der Waals surface area contributed by atoms with Crippen LogP contribution in [0.5, 0.6) is 0 Å². The Morgan fingerprint density at radius 1 is 1.18 bits per heavy atom. The molecule has 1 N–H and O–H groups in total.